The van der Waals surface area contributed by atoms with E-state index in [1.807, 2.05) is 0 Å². The molecule has 3 aliphatic rings. The van der Waals surface area contributed by atoms with Crippen LogP contribution >= 0.6 is 0 Å². The summed E-state index contributed by atoms with van der Waals surface area (Å²) in [5, 5.41) is 3.27. The molecular weight excluding hydrogens is 252 g/mol. The molecule has 0 aromatic heterocycles. The second-order valence-electron chi connectivity index (χ2n) is 6.95. The van der Waals surface area contributed by atoms with Gasteiger partial charge in [-0.25, -0.2) is 0 Å². The molecule has 1 spiro atoms. The van der Waals surface area contributed by atoms with Gasteiger partial charge < -0.3 is 15.8 Å². The summed E-state index contributed by atoms with van der Waals surface area (Å²) in [6.45, 7) is 2.84. The van der Waals surface area contributed by atoms with Crippen LogP contribution in [0.1, 0.15) is 58.3 Å². The summed E-state index contributed by atoms with van der Waals surface area (Å²) < 4.78 is 5.83. The highest BCUT2D eigenvalue weighted by Gasteiger charge is 2.59. The fourth-order valence-corrected chi connectivity index (χ4v) is 4.45. The highest BCUT2D eigenvalue weighted by molar-refractivity contribution is 5.77. The van der Waals surface area contributed by atoms with Gasteiger partial charge in [-0.2, -0.15) is 0 Å². The third-order valence-corrected chi connectivity index (χ3v) is 5.94. The molecule has 4 atom stereocenters. The van der Waals surface area contributed by atoms with E-state index in [2.05, 4.69) is 12.2 Å². The SMILES string of the molecule is CCOC1CC(NC(=O)C[C@@H]2CCC[C@H]2N)C12CCC2. The Kier molecular flexibility index (Phi) is 4.04. The Morgan fingerprint density at radius 2 is 2.15 bits per heavy atom. The van der Waals surface area contributed by atoms with Gasteiger partial charge in [-0.1, -0.05) is 12.8 Å². The lowest BCUT2D eigenvalue weighted by molar-refractivity contribution is -0.176. The number of carbonyl (C=O) groups excluding carboxylic acids is 1. The van der Waals surface area contributed by atoms with Gasteiger partial charge in [-0.05, 0) is 44.9 Å². The maximum absolute atomic E-state index is 12.2. The van der Waals surface area contributed by atoms with Crippen molar-refractivity contribution in [1.82, 2.24) is 5.32 Å². The molecule has 3 rings (SSSR count). The molecule has 4 nitrogen and oxygen atoms in total. The lowest BCUT2D eigenvalue weighted by Gasteiger charge is -2.61. The van der Waals surface area contributed by atoms with Gasteiger partial charge in [0.1, 0.15) is 0 Å². The van der Waals surface area contributed by atoms with Crippen LogP contribution in [0, 0.1) is 11.3 Å². The Hall–Kier alpha value is -0.610. The molecule has 114 valence electrons. The Bertz CT molecular complexity index is 367. The molecule has 3 N–H and O–H groups in total. The van der Waals surface area contributed by atoms with Crippen molar-refractivity contribution < 1.29 is 9.53 Å². The van der Waals surface area contributed by atoms with Crippen LogP contribution in [0.3, 0.4) is 0 Å². The maximum atomic E-state index is 12.2. The van der Waals surface area contributed by atoms with Crippen LogP contribution in [0.5, 0.6) is 0 Å². The van der Waals surface area contributed by atoms with Gasteiger partial charge in [0.25, 0.3) is 0 Å². The van der Waals surface area contributed by atoms with Crippen molar-refractivity contribution in [3.63, 3.8) is 0 Å². The van der Waals surface area contributed by atoms with E-state index in [-0.39, 0.29) is 17.4 Å². The van der Waals surface area contributed by atoms with Crippen LogP contribution in [-0.4, -0.2) is 30.7 Å². The largest absolute Gasteiger partial charge is 0.378 e. The fraction of sp³-hybridized carbons (Fsp3) is 0.938. The number of nitrogens with one attached hydrogen (secondary N) is 1. The lowest BCUT2D eigenvalue weighted by Crippen LogP contribution is -2.67. The van der Waals surface area contributed by atoms with E-state index >= 15 is 0 Å². The molecule has 0 saturated heterocycles. The zero-order valence-electron chi connectivity index (χ0n) is 12.6. The van der Waals surface area contributed by atoms with Crippen molar-refractivity contribution in [3.8, 4) is 0 Å². The first-order chi connectivity index (χ1) is 9.65. The Labute approximate surface area is 121 Å². The minimum atomic E-state index is 0.207. The number of rotatable bonds is 5. The Morgan fingerprint density at radius 3 is 2.70 bits per heavy atom. The molecule has 0 aliphatic heterocycles. The molecule has 1 amide bonds. The molecular formula is C16H28N2O2. The number of hydrogen-bond acceptors (Lipinski definition) is 3. The van der Waals surface area contributed by atoms with E-state index in [0.29, 0.717) is 24.5 Å². The maximum Gasteiger partial charge on any atom is 0.220 e. The molecule has 20 heavy (non-hydrogen) atoms. The Morgan fingerprint density at radius 1 is 1.35 bits per heavy atom. The van der Waals surface area contributed by atoms with E-state index in [1.54, 1.807) is 0 Å². The molecule has 0 radical (unpaired) electrons. The standard InChI is InChI=1S/C16H28N2O2/c1-2-20-14-10-13(16(14)7-4-8-16)18-15(19)9-11-5-3-6-12(11)17/h11-14H,2-10,17H2,1H3,(H,18,19)/t11-,12+,13?,14?/m0/s1. The van der Waals surface area contributed by atoms with Crippen LogP contribution in [0.15, 0.2) is 0 Å². The Balaban J connectivity index is 1.50. The van der Waals surface area contributed by atoms with Crippen molar-refractivity contribution in [2.45, 2.75) is 76.5 Å². The third kappa shape index (κ3) is 2.37. The first kappa shape index (κ1) is 14.3. The number of hydrogen-bond donors (Lipinski definition) is 2. The summed E-state index contributed by atoms with van der Waals surface area (Å²) in [6.07, 6.45) is 9.08. The zero-order chi connectivity index (χ0) is 14.2. The molecule has 3 aliphatic carbocycles. The average Bonchev–Trinajstić information content (AvgIpc) is 2.71. The number of carbonyl (C=O) groups is 1. The zero-order valence-corrected chi connectivity index (χ0v) is 12.6. The smallest absolute Gasteiger partial charge is 0.220 e. The number of nitrogens with two attached hydrogens (primary N) is 1. The van der Waals surface area contributed by atoms with Crippen molar-refractivity contribution in [2.24, 2.45) is 17.1 Å². The van der Waals surface area contributed by atoms with Crippen molar-refractivity contribution >= 4 is 5.91 Å². The van der Waals surface area contributed by atoms with E-state index in [4.69, 9.17) is 10.5 Å². The molecule has 3 saturated carbocycles. The first-order valence-corrected chi connectivity index (χ1v) is 8.32. The van der Waals surface area contributed by atoms with Crippen LogP contribution < -0.4 is 11.1 Å². The van der Waals surface area contributed by atoms with Crippen molar-refractivity contribution in [3.05, 3.63) is 0 Å². The van der Waals surface area contributed by atoms with Gasteiger partial charge >= 0.3 is 0 Å². The predicted octanol–water partition coefficient (Wildman–Crippen LogP) is 1.97. The second kappa shape index (κ2) is 5.64. The summed E-state index contributed by atoms with van der Waals surface area (Å²) in [6, 6.07) is 0.578. The van der Waals surface area contributed by atoms with Gasteiger partial charge in [-0.15, -0.1) is 0 Å². The number of amides is 1. The first-order valence-electron chi connectivity index (χ1n) is 8.32. The summed E-state index contributed by atoms with van der Waals surface area (Å²) in [7, 11) is 0. The van der Waals surface area contributed by atoms with Gasteiger partial charge in [0.2, 0.25) is 5.91 Å². The van der Waals surface area contributed by atoms with Crippen molar-refractivity contribution in [2.75, 3.05) is 6.61 Å². The molecule has 0 heterocycles. The summed E-state index contributed by atoms with van der Waals surface area (Å²) >= 11 is 0. The highest BCUT2D eigenvalue weighted by Crippen LogP contribution is 2.57. The fourth-order valence-electron chi connectivity index (χ4n) is 4.45. The average molecular weight is 280 g/mol. The second-order valence-corrected chi connectivity index (χ2v) is 6.95. The number of ether oxygens (including phenoxy) is 1. The van der Waals surface area contributed by atoms with Crippen molar-refractivity contribution in [1.29, 1.82) is 0 Å². The van der Waals surface area contributed by atoms with E-state index < -0.39 is 0 Å². The van der Waals surface area contributed by atoms with E-state index in [1.165, 1.54) is 25.7 Å². The minimum Gasteiger partial charge on any atom is -0.378 e. The quantitative estimate of drug-likeness (QED) is 0.809. The summed E-state index contributed by atoms with van der Waals surface area (Å²) in [5.41, 5.74) is 6.32. The normalized spacial score (nSPS) is 38.3. The molecule has 4 heteroatoms. The van der Waals surface area contributed by atoms with Gasteiger partial charge in [0.15, 0.2) is 0 Å². The third-order valence-electron chi connectivity index (χ3n) is 5.94. The highest BCUT2D eigenvalue weighted by atomic mass is 16.5. The monoisotopic (exact) mass is 280 g/mol. The van der Waals surface area contributed by atoms with Gasteiger partial charge in [0.05, 0.1) is 6.10 Å². The minimum absolute atomic E-state index is 0.207. The molecule has 0 aromatic carbocycles. The van der Waals surface area contributed by atoms with Crippen LogP contribution in [0.2, 0.25) is 0 Å². The molecule has 0 bridgehead atoms. The van der Waals surface area contributed by atoms with Gasteiger partial charge in [-0.3, -0.25) is 4.79 Å². The summed E-state index contributed by atoms with van der Waals surface area (Å²) in [4.78, 5) is 12.2. The molecule has 0 aromatic rings. The lowest BCUT2D eigenvalue weighted by atomic mass is 9.51. The molecule has 3 fully saturated rings. The van der Waals surface area contributed by atoms with Crippen LogP contribution in [0.4, 0.5) is 0 Å². The molecule has 2 unspecified atom stereocenters. The van der Waals surface area contributed by atoms with E-state index in [9.17, 15) is 4.79 Å². The van der Waals surface area contributed by atoms with E-state index in [0.717, 1.165) is 25.9 Å². The predicted molar refractivity (Wildman–Crippen MR) is 78.2 cm³/mol. The summed E-state index contributed by atoms with van der Waals surface area (Å²) in [5.74, 6) is 0.605. The van der Waals surface area contributed by atoms with Crippen LogP contribution in [0.25, 0.3) is 0 Å². The van der Waals surface area contributed by atoms with Gasteiger partial charge in [0, 0.05) is 30.5 Å². The van der Waals surface area contributed by atoms with Crippen LogP contribution in [-0.2, 0) is 9.53 Å². The topological polar surface area (TPSA) is 64.3 Å².